The largest absolute Gasteiger partial charge is 0.468 e. The van der Waals surface area contributed by atoms with Gasteiger partial charge in [0.1, 0.15) is 5.58 Å². The molecular formula is C73H71BN2OSi. The minimum Gasteiger partial charge on any atom is -0.468 e. The third-order valence-corrected chi connectivity index (χ3v) is 22.8. The third kappa shape index (κ3) is 7.89. The van der Waals surface area contributed by atoms with Gasteiger partial charge in [-0.1, -0.05) is 221 Å². The van der Waals surface area contributed by atoms with Crippen molar-refractivity contribution in [3.8, 4) is 11.1 Å². The molecule has 0 spiro atoms. The van der Waals surface area contributed by atoms with Gasteiger partial charge in [0.25, 0.3) is 6.71 Å². The number of hydrogen-bond acceptors (Lipinski definition) is 3. The number of nitrogens with zero attached hydrogens (tertiary/aromatic N) is 2. The molecule has 3 heterocycles. The molecule has 1 aliphatic carbocycles. The Kier molecular flexibility index (Phi) is 11.5. The lowest BCUT2D eigenvalue weighted by molar-refractivity contribution is 0.332. The maximum Gasteiger partial charge on any atom is 0.297 e. The first-order valence-corrected chi connectivity index (χ1v) is 30.3. The molecule has 3 nitrogen and oxygen atoms in total. The van der Waals surface area contributed by atoms with Gasteiger partial charge >= 0.3 is 0 Å². The summed E-state index contributed by atoms with van der Waals surface area (Å²) in [4.78, 5) is 5.09. The number of anilines is 6. The van der Waals surface area contributed by atoms with E-state index in [0.717, 1.165) is 41.1 Å². The van der Waals surface area contributed by atoms with E-state index in [1.807, 2.05) is 0 Å². The average Bonchev–Trinajstić information content (AvgIpc) is 3.96. The van der Waals surface area contributed by atoms with Crippen LogP contribution in [-0.2, 0) is 21.7 Å². The summed E-state index contributed by atoms with van der Waals surface area (Å²) in [6.07, 6.45) is 2.28. The lowest BCUT2D eigenvalue weighted by atomic mass is 9.35. The first-order valence-electron chi connectivity index (χ1n) is 28.3. The van der Waals surface area contributed by atoms with Crippen LogP contribution in [0.2, 0.25) is 0 Å². The minimum atomic E-state index is -2.67. The van der Waals surface area contributed by atoms with Crippen LogP contribution >= 0.6 is 0 Å². The molecule has 0 saturated carbocycles. The van der Waals surface area contributed by atoms with E-state index in [1.165, 1.54) is 93.1 Å². The van der Waals surface area contributed by atoms with E-state index in [0.29, 0.717) is 0 Å². The molecule has 2 aliphatic heterocycles. The van der Waals surface area contributed by atoms with E-state index in [1.54, 1.807) is 0 Å². The number of furan rings is 1. The average molecular weight is 1030 g/mol. The van der Waals surface area contributed by atoms with E-state index in [9.17, 15) is 0 Å². The van der Waals surface area contributed by atoms with Gasteiger partial charge < -0.3 is 14.2 Å². The van der Waals surface area contributed by atoms with Gasteiger partial charge in [-0.15, -0.1) is 0 Å². The molecule has 10 aromatic rings. The molecule has 78 heavy (non-hydrogen) atoms. The highest BCUT2D eigenvalue weighted by atomic mass is 28.3. The summed E-state index contributed by atoms with van der Waals surface area (Å²) in [5, 5.41) is 6.67. The Balaban J connectivity index is 1.01. The fourth-order valence-electron chi connectivity index (χ4n) is 13.6. The van der Waals surface area contributed by atoms with Gasteiger partial charge in [-0.3, -0.25) is 0 Å². The number of benzene rings is 9. The van der Waals surface area contributed by atoms with Crippen LogP contribution in [0.4, 0.5) is 34.1 Å². The fraction of sp³-hybridized carbons (Fsp3) is 0.233. The summed E-state index contributed by atoms with van der Waals surface area (Å²) in [5.74, 6) is 0. The molecule has 5 heteroatoms. The second-order valence-corrected chi connectivity index (χ2v) is 29.9. The molecule has 0 fully saturated rings. The van der Waals surface area contributed by atoms with E-state index in [2.05, 4.69) is 292 Å². The maximum absolute atomic E-state index is 7.60. The quantitative estimate of drug-likeness (QED) is 0.117. The first kappa shape index (κ1) is 49.9. The van der Waals surface area contributed by atoms with Crippen molar-refractivity contribution in [2.24, 2.45) is 0 Å². The Morgan fingerprint density at radius 3 is 1.44 bits per heavy atom. The number of rotatable bonds is 7. The Labute approximate surface area is 464 Å². The Morgan fingerprint density at radius 2 is 0.910 bits per heavy atom. The summed E-state index contributed by atoms with van der Waals surface area (Å²) < 4.78 is 7.60. The smallest absolute Gasteiger partial charge is 0.297 e. The molecule has 0 amide bonds. The van der Waals surface area contributed by atoms with Crippen LogP contribution in [0.25, 0.3) is 22.1 Å². The predicted octanol–water partition coefficient (Wildman–Crippen LogP) is 14.8. The monoisotopic (exact) mass is 1030 g/mol. The lowest BCUT2D eigenvalue weighted by Gasteiger charge is -2.43. The topological polar surface area (TPSA) is 19.6 Å². The van der Waals surface area contributed by atoms with Crippen molar-refractivity contribution in [2.75, 3.05) is 9.80 Å². The van der Waals surface area contributed by atoms with Crippen molar-refractivity contribution in [2.45, 2.75) is 111 Å². The summed E-state index contributed by atoms with van der Waals surface area (Å²) >= 11 is 0. The molecule has 386 valence electrons. The lowest BCUT2D eigenvalue weighted by Crippen LogP contribution is -2.74. The maximum atomic E-state index is 7.60. The van der Waals surface area contributed by atoms with Crippen LogP contribution < -0.4 is 47.1 Å². The van der Waals surface area contributed by atoms with Gasteiger partial charge in [-0.2, -0.15) is 0 Å². The molecule has 0 bridgehead atoms. The first-order chi connectivity index (χ1) is 37.3. The van der Waals surface area contributed by atoms with Gasteiger partial charge in [-0.05, 0) is 167 Å². The van der Waals surface area contributed by atoms with Crippen molar-refractivity contribution in [3.63, 3.8) is 0 Å². The molecule has 0 radical (unpaired) electrons. The van der Waals surface area contributed by atoms with E-state index >= 15 is 0 Å². The SMILES string of the molecule is Cc1cc2c3c(c1)N(c1ccc(-c4ccc([Si](c5ccccc5)(c5ccccc5)c5ccccc5)cc4)cc1)c1c(oc4cc5c(cc14)C(C)(C)CCC5(C)C)B3c1cc(C(C)(C)C)ccc1N2c1ccc(C(C)(C)C)cc1. The van der Waals surface area contributed by atoms with Crippen LogP contribution in [0.3, 0.4) is 0 Å². The van der Waals surface area contributed by atoms with E-state index in [4.69, 9.17) is 4.42 Å². The molecule has 1 aromatic heterocycles. The van der Waals surface area contributed by atoms with Gasteiger partial charge in [0, 0.05) is 33.8 Å². The minimum absolute atomic E-state index is 0.0229. The van der Waals surface area contributed by atoms with Crippen LogP contribution in [0.1, 0.15) is 110 Å². The predicted molar refractivity (Wildman–Crippen MR) is 337 cm³/mol. The molecule has 9 aromatic carbocycles. The van der Waals surface area contributed by atoms with Crippen molar-refractivity contribution < 1.29 is 4.42 Å². The molecule has 0 unspecified atom stereocenters. The summed E-state index contributed by atoms with van der Waals surface area (Å²) in [6, 6.07) is 78.8. The molecule has 0 N–H and O–H groups in total. The fourth-order valence-corrected chi connectivity index (χ4v) is 18.3. The number of aryl methyl sites for hydroxylation is 1. The summed E-state index contributed by atoms with van der Waals surface area (Å²) in [7, 11) is -2.67. The second kappa shape index (κ2) is 18.0. The van der Waals surface area contributed by atoms with Crippen LogP contribution in [-0.4, -0.2) is 14.8 Å². The van der Waals surface area contributed by atoms with E-state index < -0.39 is 8.07 Å². The van der Waals surface area contributed by atoms with Crippen LogP contribution in [0.15, 0.2) is 211 Å². The summed E-state index contributed by atoms with van der Waals surface area (Å²) in [5.41, 5.74) is 20.7. The molecule has 0 saturated heterocycles. The Bertz CT molecular complexity index is 3820. The van der Waals surface area contributed by atoms with Crippen molar-refractivity contribution in [3.05, 3.63) is 234 Å². The van der Waals surface area contributed by atoms with Gasteiger partial charge in [0.05, 0.1) is 11.3 Å². The van der Waals surface area contributed by atoms with Crippen LogP contribution in [0.5, 0.6) is 0 Å². The molecule has 13 rings (SSSR count). The molecular weight excluding hydrogens is 960 g/mol. The van der Waals surface area contributed by atoms with E-state index in [-0.39, 0.29) is 28.4 Å². The Morgan fingerprint density at radius 1 is 0.462 bits per heavy atom. The number of fused-ring (bicyclic) bond motifs is 7. The van der Waals surface area contributed by atoms with Crippen molar-refractivity contribution in [1.29, 1.82) is 0 Å². The van der Waals surface area contributed by atoms with Crippen molar-refractivity contribution >= 4 is 97.2 Å². The summed E-state index contributed by atoms with van der Waals surface area (Å²) in [6.45, 7) is 25.7. The highest BCUT2D eigenvalue weighted by Gasteiger charge is 2.48. The third-order valence-electron chi connectivity index (χ3n) is 18.0. The second-order valence-electron chi connectivity index (χ2n) is 26.1. The zero-order chi connectivity index (χ0) is 54.1. The highest BCUT2D eigenvalue weighted by molar-refractivity contribution is 7.19. The Hall–Kier alpha value is -7.60. The van der Waals surface area contributed by atoms with Gasteiger partial charge in [-0.25, -0.2) is 0 Å². The number of hydrogen-bond donors (Lipinski definition) is 0. The molecule has 0 atom stereocenters. The van der Waals surface area contributed by atoms with Crippen molar-refractivity contribution in [1.82, 2.24) is 0 Å². The van der Waals surface area contributed by atoms with Gasteiger partial charge in [0.2, 0.25) is 0 Å². The van der Waals surface area contributed by atoms with Gasteiger partial charge in [0.15, 0.2) is 8.07 Å². The zero-order valence-corrected chi connectivity index (χ0v) is 48.4. The normalized spacial score (nSPS) is 15.4. The standard InChI is InChI=1S/C73H71BN2OSi/c1-48-43-64-67-65(44-48)76(54-34-27-49(28-35-54)50-29-38-58(39-30-50)78(55-21-15-12-16-22-55,56-23-17-13-18-24-56)57-25-19-14-20-26-57)68-59-46-60-61(73(10,11)42-41-72(60,8)9)47-66(59)77-69(68)74(67)62-45-52(71(5,6)7)33-40-63(62)75(64)53-36-31-51(32-37-53)70(2,3)4/h12-40,43-47H,41-42H2,1-11H3. The zero-order valence-electron chi connectivity index (χ0n) is 47.4. The highest BCUT2D eigenvalue weighted by Crippen LogP contribution is 2.52. The molecule has 3 aliphatic rings. The van der Waals surface area contributed by atoms with Crippen LogP contribution in [0, 0.1) is 6.92 Å².